The summed E-state index contributed by atoms with van der Waals surface area (Å²) in [5, 5.41) is 9.98. The van der Waals surface area contributed by atoms with Gasteiger partial charge < -0.3 is 9.84 Å². The van der Waals surface area contributed by atoms with Crippen LogP contribution in [0.5, 0.6) is 5.75 Å². The number of hydrogen-bond donors (Lipinski definition) is 1. The van der Waals surface area contributed by atoms with Gasteiger partial charge in [-0.05, 0) is 56.7 Å². The van der Waals surface area contributed by atoms with Gasteiger partial charge in [-0.1, -0.05) is 25.0 Å². The standard InChI is InChI=1S/C16H24O2/c1-12(2)18-15-9-7-13(8-10-15)11-14-5-3-4-6-16(14)17/h7-10,12,14,16-17H,3-6,11H2,1-2H3. The number of benzene rings is 1. The summed E-state index contributed by atoms with van der Waals surface area (Å²) in [6.45, 7) is 4.07. The molecule has 0 bridgehead atoms. The molecule has 2 heteroatoms. The summed E-state index contributed by atoms with van der Waals surface area (Å²) in [6, 6.07) is 8.31. The van der Waals surface area contributed by atoms with E-state index in [4.69, 9.17) is 4.74 Å². The molecule has 1 aromatic rings. The van der Waals surface area contributed by atoms with E-state index in [1.165, 1.54) is 18.4 Å². The molecule has 2 unspecified atom stereocenters. The monoisotopic (exact) mass is 248 g/mol. The maximum atomic E-state index is 9.98. The first kappa shape index (κ1) is 13.4. The second-order valence-corrected chi connectivity index (χ2v) is 5.63. The molecule has 0 spiro atoms. The van der Waals surface area contributed by atoms with Crippen molar-refractivity contribution in [1.82, 2.24) is 0 Å². The molecule has 1 aromatic carbocycles. The van der Waals surface area contributed by atoms with Gasteiger partial charge in [0.15, 0.2) is 0 Å². The van der Waals surface area contributed by atoms with Crippen LogP contribution < -0.4 is 4.74 Å². The Labute approximate surface area is 110 Å². The lowest BCUT2D eigenvalue weighted by Crippen LogP contribution is -2.26. The summed E-state index contributed by atoms with van der Waals surface area (Å²) in [7, 11) is 0. The third-order valence-corrected chi connectivity index (χ3v) is 3.66. The summed E-state index contributed by atoms with van der Waals surface area (Å²) in [5.41, 5.74) is 1.30. The molecule has 2 rings (SSSR count). The first-order valence-corrected chi connectivity index (χ1v) is 7.09. The Kier molecular flexibility index (Phi) is 4.65. The molecule has 2 atom stereocenters. The van der Waals surface area contributed by atoms with Crippen molar-refractivity contribution in [3.05, 3.63) is 29.8 Å². The molecule has 100 valence electrons. The minimum atomic E-state index is -0.106. The summed E-state index contributed by atoms with van der Waals surface area (Å²) in [6.07, 6.45) is 5.67. The van der Waals surface area contributed by atoms with Gasteiger partial charge in [0.25, 0.3) is 0 Å². The van der Waals surface area contributed by atoms with Crippen molar-refractivity contribution < 1.29 is 9.84 Å². The van der Waals surface area contributed by atoms with Crippen molar-refractivity contribution >= 4 is 0 Å². The van der Waals surface area contributed by atoms with Gasteiger partial charge in [-0.2, -0.15) is 0 Å². The van der Waals surface area contributed by atoms with E-state index in [0.717, 1.165) is 25.0 Å². The molecule has 1 aliphatic carbocycles. The average Bonchev–Trinajstić information content (AvgIpc) is 2.34. The van der Waals surface area contributed by atoms with Gasteiger partial charge in [-0.3, -0.25) is 0 Å². The van der Waals surface area contributed by atoms with Gasteiger partial charge in [0, 0.05) is 0 Å². The molecule has 1 saturated carbocycles. The van der Waals surface area contributed by atoms with Crippen LogP contribution in [0.4, 0.5) is 0 Å². The molecule has 0 aromatic heterocycles. The molecule has 0 radical (unpaired) electrons. The van der Waals surface area contributed by atoms with Crippen LogP contribution in [-0.4, -0.2) is 17.3 Å². The van der Waals surface area contributed by atoms with Crippen molar-refractivity contribution in [3.63, 3.8) is 0 Å². The quantitative estimate of drug-likeness (QED) is 0.882. The zero-order chi connectivity index (χ0) is 13.0. The molecular weight excluding hydrogens is 224 g/mol. The number of rotatable bonds is 4. The molecule has 0 heterocycles. The van der Waals surface area contributed by atoms with Crippen molar-refractivity contribution in [2.45, 2.75) is 58.2 Å². The van der Waals surface area contributed by atoms with E-state index >= 15 is 0 Å². The van der Waals surface area contributed by atoms with Crippen LogP contribution in [0.3, 0.4) is 0 Å². The molecule has 0 aliphatic heterocycles. The fourth-order valence-electron chi connectivity index (χ4n) is 2.71. The van der Waals surface area contributed by atoms with Crippen molar-refractivity contribution in [2.24, 2.45) is 5.92 Å². The highest BCUT2D eigenvalue weighted by molar-refractivity contribution is 5.27. The minimum absolute atomic E-state index is 0.106. The molecule has 1 aliphatic rings. The van der Waals surface area contributed by atoms with E-state index < -0.39 is 0 Å². The van der Waals surface area contributed by atoms with Crippen LogP contribution in [0.25, 0.3) is 0 Å². The van der Waals surface area contributed by atoms with Crippen LogP contribution in [0.1, 0.15) is 45.1 Å². The van der Waals surface area contributed by atoms with E-state index in [-0.39, 0.29) is 12.2 Å². The fraction of sp³-hybridized carbons (Fsp3) is 0.625. The summed E-state index contributed by atoms with van der Waals surface area (Å²) in [5.74, 6) is 1.37. The van der Waals surface area contributed by atoms with E-state index in [2.05, 4.69) is 12.1 Å². The maximum Gasteiger partial charge on any atom is 0.119 e. The van der Waals surface area contributed by atoms with Crippen molar-refractivity contribution in [2.75, 3.05) is 0 Å². The van der Waals surface area contributed by atoms with E-state index in [0.29, 0.717) is 5.92 Å². The predicted molar refractivity (Wildman–Crippen MR) is 73.9 cm³/mol. The largest absolute Gasteiger partial charge is 0.491 e. The summed E-state index contributed by atoms with van der Waals surface area (Å²) in [4.78, 5) is 0. The first-order valence-electron chi connectivity index (χ1n) is 7.09. The second-order valence-electron chi connectivity index (χ2n) is 5.63. The lowest BCUT2D eigenvalue weighted by molar-refractivity contribution is 0.0700. The third kappa shape index (κ3) is 3.74. The molecule has 0 saturated heterocycles. The Morgan fingerprint density at radius 1 is 1.17 bits per heavy atom. The summed E-state index contributed by atoms with van der Waals surface area (Å²) >= 11 is 0. The Morgan fingerprint density at radius 2 is 1.83 bits per heavy atom. The minimum Gasteiger partial charge on any atom is -0.491 e. The third-order valence-electron chi connectivity index (χ3n) is 3.66. The number of hydrogen-bond acceptors (Lipinski definition) is 2. The van der Waals surface area contributed by atoms with Crippen molar-refractivity contribution in [1.29, 1.82) is 0 Å². The SMILES string of the molecule is CC(C)Oc1ccc(CC2CCCCC2O)cc1. The van der Waals surface area contributed by atoms with E-state index in [9.17, 15) is 5.11 Å². The molecule has 2 nitrogen and oxygen atoms in total. The highest BCUT2D eigenvalue weighted by Crippen LogP contribution is 2.28. The normalized spacial score (nSPS) is 24.2. The highest BCUT2D eigenvalue weighted by atomic mass is 16.5. The first-order chi connectivity index (χ1) is 8.65. The van der Waals surface area contributed by atoms with Crippen LogP contribution >= 0.6 is 0 Å². The molecule has 18 heavy (non-hydrogen) atoms. The van der Waals surface area contributed by atoms with Gasteiger partial charge >= 0.3 is 0 Å². The highest BCUT2D eigenvalue weighted by Gasteiger charge is 2.22. The van der Waals surface area contributed by atoms with Crippen molar-refractivity contribution in [3.8, 4) is 5.75 Å². The van der Waals surface area contributed by atoms with Crippen LogP contribution in [0, 0.1) is 5.92 Å². The maximum absolute atomic E-state index is 9.98. The Hall–Kier alpha value is -1.02. The van der Waals surface area contributed by atoms with Crippen LogP contribution in [-0.2, 0) is 6.42 Å². The lowest BCUT2D eigenvalue weighted by Gasteiger charge is -2.27. The molecular formula is C16H24O2. The Morgan fingerprint density at radius 3 is 2.44 bits per heavy atom. The fourth-order valence-corrected chi connectivity index (χ4v) is 2.71. The Bertz CT molecular complexity index is 356. The molecule has 1 fully saturated rings. The van der Waals surface area contributed by atoms with Crippen LogP contribution in [0.2, 0.25) is 0 Å². The van der Waals surface area contributed by atoms with Gasteiger partial charge in [0.2, 0.25) is 0 Å². The van der Waals surface area contributed by atoms with Crippen LogP contribution in [0.15, 0.2) is 24.3 Å². The predicted octanol–water partition coefficient (Wildman–Crippen LogP) is 3.57. The van der Waals surface area contributed by atoms with Gasteiger partial charge in [-0.25, -0.2) is 0 Å². The molecule has 0 amide bonds. The van der Waals surface area contributed by atoms with Gasteiger partial charge in [-0.15, -0.1) is 0 Å². The lowest BCUT2D eigenvalue weighted by atomic mass is 9.82. The topological polar surface area (TPSA) is 29.5 Å². The zero-order valence-corrected chi connectivity index (χ0v) is 11.4. The number of aliphatic hydroxyl groups excluding tert-OH is 1. The van der Waals surface area contributed by atoms with Gasteiger partial charge in [0.05, 0.1) is 12.2 Å². The number of aliphatic hydroxyl groups is 1. The van der Waals surface area contributed by atoms with Gasteiger partial charge in [0.1, 0.15) is 5.75 Å². The second kappa shape index (κ2) is 6.24. The summed E-state index contributed by atoms with van der Waals surface area (Å²) < 4.78 is 5.63. The smallest absolute Gasteiger partial charge is 0.119 e. The average molecular weight is 248 g/mol. The molecule has 1 N–H and O–H groups in total. The van der Waals surface area contributed by atoms with E-state index in [1.807, 2.05) is 26.0 Å². The van der Waals surface area contributed by atoms with E-state index in [1.54, 1.807) is 0 Å². The zero-order valence-electron chi connectivity index (χ0n) is 11.4. The number of ether oxygens (including phenoxy) is 1. The Balaban J connectivity index is 1.93.